The van der Waals surface area contributed by atoms with Crippen molar-refractivity contribution in [1.29, 1.82) is 0 Å². The Hall–Kier alpha value is -0.960. The number of nitroso groups, excluding NO2 is 1. The molecule has 60 valence electrons. The van der Waals surface area contributed by atoms with Gasteiger partial charge in [-0.2, -0.15) is 0 Å². The molecule has 0 spiro atoms. The SMILES string of the molecule is C=C(Cl)/C(C)=C\C(F)=C/N=O. The smallest absolute Gasteiger partial charge is 0.145 e. The van der Waals surface area contributed by atoms with Crippen LogP contribution in [0.5, 0.6) is 0 Å². The number of halogens is 2. The Kier molecular flexibility index (Phi) is 4.38. The Morgan fingerprint density at radius 2 is 2.27 bits per heavy atom. The van der Waals surface area contributed by atoms with Crippen molar-refractivity contribution >= 4 is 11.6 Å². The molecule has 0 aliphatic heterocycles. The van der Waals surface area contributed by atoms with Crippen molar-refractivity contribution in [3.63, 3.8) is 0 Å². The van der Waals surface area contributed by atoms with Gasteiger partial charge in [-0.25, -0.2) is 4.39 Å². The Morgan fingerprint density at radius 1 is 1.73 bits per heavy atom. The van der Waals surface area contributed by atoms with E-state index in [0.29, 0.717) is 11.8 Å². The first-order valence-corrected chi connectivity index (χ1v) is 3.17. The van der Waals surface area contributed by atoms with Gasteiger partial charge in [0.1, 0.15) is 12.0 Å². The van der Waals surface area contributed by atoms with E-state index in [1.165, 1.54) is 0 Å². The fourth-order valence-corrected chi connectivity index (χ4v) is 0.427. The Balaban J connectivity index is 4.42. The minimum absolute atomic E-state index is 0.236. The zero-order valence-corrected chi connectivity index (χ0v) is 6.73. The molecule has 0 aromatic carbocycles. The van der Waals surface area contributed by atoms with E-state index in [-0.39, 0.29) is 5.03 Å². The lowest BCUT2D eigenvalue weighted by atomic mass is 10.2. The Labute approximate surface area is 69.0 Å². The van der Waals surface area contributed by atoms with Crippen LogP contribution >= 0.6 is 11.6 Å². The molecule has 0 N–H and O–H groups in total. The van der Waals surface area contributed by atoms with Gasteiger partial charge in [0.15, 0.2) is 0 Å². The summed E-state index contributed by atoms with van der Waals surface area (Å²) in [5, 5.41) is 2.48. The quantitative estimate of drug-likeness (QED) is 0.478. The molecule has 11 heavy (non-hydrogen) atoms. The van der Waals surface area contributed by atoms with Gasteiger partial charge in [0.05, 0.1) is 0 Å². The van der Waals surface area contributed by atoms with Gasteiger partial charge in [-0.15, -0.1) is 4.91 Å². The van der Waals surface area contributed by atoms with Gasteiger partial charge in [-0.05, 0) is 23.7 Å². The second kappa shape index (κ2) is 4.79. The van der Waals surface area contributed by atoms with Crippen molar-refractivity contribution in [1.82, 2.24) is 0 Å². The van der Waals surface area contributed by atoms with Crippen LogP contribution in [0.15, 0.2) is 40.5 Å². The lowest BCUT2D eigenvalue weighted by Crippen LogP contribution is -1.74. The molecule has 0 amide bonds. The standard InChI is InChI=1S/C7H7ClFNO/c1-5(6(2)8)3-7(9)4-10-11/h3-4H,2H2,1H3/b5-3-,7-4+. The van der Waals surface area contributed by atoms with Gasteiger partial charge in [0, 0.05) is 5.03 Å². The fourth-order valence-electron chi connectivity index (χ4n) is 0.373. The number of hydrogen-bond donors (Lipinski definition) is 0. The Morgan fingerprint density at radius 3 is 2.64 bits per heavy atom. The topological polar surface area (TPSA) is 29.4 Å². The summed E-state index contributed by atoms with van der Waals surface area (Å²) in [5.41, 5.74) is 0.462. The van der Waals surface area contributed by atoms with Crippen LogP contribution in [0.1, 0.15) is 6.92 Å². The van der Waals surface area contributed by atoms with Crippen LogP contribution in [0.2, 0.25) is 0 Å². The van der Waals surface area contributed by atoms with Crippen molar-refractivity contribution in [3.05, 3.63) is 40.2 Å². The third-order valence-electron chi connectivity index (χ3n) is 0.958. The van der Waals surface area contributed by atoms with Crippen LogP contribution in [0.25, 0.3) is 0 Å². The van der Waals surface area contributed by atoms with Crippen LogP contribution in [0, 0.1) is 4.91 Å². The molecule has 0 aromatic rings. The number of nitrogens with zero attached hydrogens (tertiary/aromatic N) is 1. The van der Waals surface area contributed by atoms with Crippen molar-refractivity contribution in [2.24, 2.45) is 5.18 Å². The molecule has 0 saturated heterocycles. The maximum absolute atomic E-state index is 12.4. The molecule has 0 saturated carbocycles. The molecule has 4 heteroatoms. The van der Waals surface area contributed by atoms with Crippen LogP contribution < -0.4 is 0 Å². The fraction of sp³-hybridized carbons (Fsp3) is 0.143. The molecular formula is C7H7ClFNO. The molecule has 0 aliphatic carbocycles. The molecule has 0 aliphatic rings. The normalized spacial score (nSPS) is 13.0. The van der Waals surface area contributed by atoms with Crippen LogP contribution in [0.3, 0.4) is 0 Å². The van der Waals surface area contributed by atoms with Crippen molar-refractivity contribution < 1.29 is 4.39 Å². The van der Waals surface area contributed by atoms with Gasteiger partial charge >= 0.3 is 0 Å². The van der Waals surface area contributed by atoms with Gasteiger partial charge in [-0.1, -0.05) is 18.2 Å². The molecule has 0 bridgehead atoms. The van der Waals surface area contributed by atoms with E-state index in [1.807, 2.05) is 0 Å². The zero-order valence-electron chi connectivity index (χ0n) is 5.97. The molecule has 0 aromatic heterocycles. The minimum Gasteiger partial charge on any atom is -0.205 e. The Bertz CT molecular complexity index is 233. The van der Waals surface area contributed by atoms with E-state index in [4.69, 9.17) is 11.6 Å². The lowest BCUT2D eigenvalue weighted by Gasteiger charge is -1.92. The van der Waals surface area contributed by atoms with Gasteiger partial charge in [0.25, 0.3) is 0 Å². The average Bonchev–Trinajstić information content (AvgIpc) is 1.87. The monoisotopic (exact) mass is 175 g/mol. The first-order chi connectivity index (χ1) is 5.07. The van der Waals surface area contributed by atoms with Crippen molar-refractivity contribution in [2.45, 2.75) is 6.92 Å². The van der Waals surface area contributed by atoms with E-state index in [9.17, 15) is 9.30 Å². The highest BCUT2D eigenvalue weighted by atomic mass is 35.5. The number of rotatable bonds is 3. The summed E-state index contributed by atoms with van der Waals surface area (Å²) in [4.78, 5) is 9.52. The van der Waals surface area contributed by atoms with E-state index in [0.717, 1.165) is 6.08 Å². The highest BCUT2D eigenvalue weighted by Crippen LogP contribution is 2.14. The molecule has 0 unspecified atom stereocenters. The molecular weight excluding hydrogens is 169 g/mol. The predicted molar refractivity (Wildman–Crippen MR) is 43.7 cm³/mol. The third kappa shape index (κ3) is 4.44. The summed E-state index contributed by atoms with van der Waals surface area (Å²) in [6.45, 7) is 4.94. The van der Waals surface area contributed by atoms with Crippen LogP contribution in [0.4, 0.5) is 4.39 Å². The molecule has 0 atom stereocenters. The maximum Gasteiger partial charge on any atom is 0.145 e. The third-order valence-corrected chi connectivity index (χ3v) is 1.26. The molecule has 0 fully saturated rings. The van der Waals surface area contributed by atoms with Crippen LogP contribution in [-0.4, -0.2) is 0 Å². The summed E-state index contributed by atoms with van der Waals surface area (Å²) in [6, 6.07) is 0. The predicted octanol–water partition coefficient (Wildman–Crippen LogP) is 3.26. The second-order valence-corrected chi connectivity index (χ2v) is 2.31. The number of hydrogen-bond acceptors (Lipinski definition) is 2. The maximum atomic E-state index is 12.4. The summed E-state index contributed by atoms with van der Waals surface area (Å²) in [6.07, 6.45) is 1.64. The highest BCUT2D eigenvalue weighted by Gasteiger charge is 1.94. The highest BCUT2D eigenvalue weighted by molar-refractivity contribution is 6.31. The second-order valence-electron chi connectivity index (χ2n) is 1.85. The average molecular weight is 176 g/mol. The van der Waals surface area contributed by atoms with E-state index < -0.39 is 5.83 Å². The van der Waals surface area contributed by atoms with Gasteiger partial charge in [0.2, 0.25) is 0 Å². The first kappa shape index (κ1) is 10.0. The summed E-state index contributed by atoms with van der Waals surface area (Å²) < 4.78 is 12.4. The van der Waals surface area contributed by atoms with Crippen molar-refractivity contribution in [2.75, 3.05) is 0 Å². The van der Waals surface area contributed by atoms with Crippen LogP contribution in [-0.2, 0) is 0 Å². The largest absolute Gasteiger partial charge is 0.205 e. The summed E-state index contributed by atoms with van der Waals surface area (Å²) >= 11 is 5.41. The molecule has 0 heterocycles. The van der Waals surface area contributed by atoms with E-state index in [2.05, 4.69) is 11.8 Å². The summed E-state index contributed by atoms with van der Waals surface area (Å²) in [7, 11) is 0. The van der Waals surface area contributed by atoms with E-state index in [1.54, 1.807) is 6.92 Å². The zero-order chi connectivity index (χ0) is 8.85. The minimum atomic E-state index is -0.737. The first-order valence-electron chi connectivity index (χ1n) is 2.79. The molecule has 0 radical (unpaired) electrons. The molecule has 0 rings (SSSR count). The van der Waals surface area contributed by atoms with Gasteiger partial charge < -0.3 is 0 Å². The number of allylic oxidation sites excluding steroid dienone is 4. The lowest BCUT2D eigenvalue weighted by molar-refractivity contribution is 0.662. The molecule has 2 nitrogen and oxygen atoms in total. The van der Waals surface area contributed by atoms with Gasteiger partial charge in [-0.3, -0.25) is 0 Å². The van der Waals surface area contributed by atoms with E-state index >= 15 is 0 Å². The summed E-state index contributed by atoms with van der Waals surface area (Å²) in [5.74, 6) is -0.737. The van der Waals surface area contributed by atoms with Crippen molar-refractivity contribution in [3.8, 4) is 0 Å².